The smallest absolute Gasteiger partial charge is 0.231 e. The van der Waals surface area contributed by atoms with Crippen LogP contribution in [-0.4, -0.2) is 27.1 Å². The highest BCUT2D eigenvalue weighted by atomic mass is 79.9. The fourth-order valence-electron chi connectivity index (χ4n) is 1.93. The van der Waals surface area contributed by atoms with Gasteiger partial charge < -0.3 is 19.5 Å². The van der Waals surface area contributed by atoms with Crippen LogP contribution >= 0.6 is 15.9 Å². The molecule has 0 saturated carbocycles. The quantitative estimate of drug-likeness (QED) is 0.875. The zero-order valence-corrected chi connectivity index (χ0v) is 12.2. The Morgan fingerprint density at radius 2 is 2.28 bits per heavy atom. The van der Waals surface area contributed by atoms with Crippen molar-refractivity contribution in [2.75, 3.05) is 27.1 Å². The average Bonchev–Trinajstić information content (AvgIpc) is 2.78. The van der Waals surface area contributed by atoms with Gasteiger partial charge in [-0.15, -0.1) is 0 Å². The van der Waals surface area contributed by atoms with Crippen molar-refractivity contribution in [1.29, 1.82) is 0 Å². The second-order valence-electron chi connectivity index (χ2n) is 4.50. The monoisotopic (exact) mass is 315 g/mol. The lowest BCUT2D eigenvalue weighted by molar-refractivity contribution is 0.158. The van der Waals surface area contributed by atoms with Crippen molar-refractivity contribution >= 4 is 15.9 Å². The molecule has 1 aromatic rings. The molecule has 1 aliphatic rings. The van der Waals surface area contributed by atoms with Gasteiger partial charge in [-0.25, -0.2) is 0 Å². The van der Waals surface area contributed by atoms with Gasteiger partial charge in [0.25, 0.3) is 0 Å². The average molecular weight is 316 g/mol. The first-order valence-electron chi connectivity index (χ1n) is 5.98. The van der Waals surface area contributed by atoms with E-state index in [1.165, 1.54) is 5.56 Å². The van der Waals surface area contributed by atoms with Crippen molar-refractivity contribution in [3.63, 3.8) is 0 Å². The molecule has 18 heavy (non-hydrogen) atoms. The topological polar surface area (TPSA) is 39.7 Å². The van der Waals surface area contributed by atoms with E-state index in [1.807, 2.05) is 6.07 Å². The minimum absolute atomic E-state index is 0.301. The van der Waals surface area contributed by atoms with Crippen molar-refractivity contribution in [3.8, 4) is 11.5 Å². The zero-order chi connectivity index (χ0) is 13.0. The fourth-order valence-corrected chi connectivity index (χ4v) is 2.53. The molecule has 0 aliphatic carbocycles. The summed E-state index contributed by atoms with van der Waals surface area (Å²) in [5.74, 6) is 2.12. The van der Waals surface area contributed by atoms with Crippen molar-refractivity contribution in [2.45, 2.75) is 13.5 Å². The molecule has 1 atom stereocenters. The molecule has 4 nitrogen and oxygen atoms in total. The first-order chi connectivity index (χ1) is 8.70. The molecular weight excluding hydrogens is 298 g/mol. The molecule has 0 fully saturated rings. The highest BCUT2D eigenvalue weighted by molar-refractivity contribution is 9.10. The largest absolute Gasteiger partial charge is 0.454 e. The Hall–Kier alpha value is -0.780. The lowest BCUT2D eigenvalue weighted by Crippen LogP contribution is -2.23. The van der Waals surface area contributed by atoms with Crippen LogP contribution in [0.25, 0.3) is 0 Å². The number of halogens is 1. The normalized spacial score (nSPS) is 14.8. The van der Waals surface area contributed by atoms with Crippen LogP contribution in [0.5, 0.6) is 11.5 Å². The Bertz CT molecular complexity index is 411. The van der Waals surface area contributed by atoms with Gasteiger partial charge in [-0.05, 0) is 39.5 Å². The Morgan fingerprint density at radius 3 is 3.06 bits per heavy atom. The van der Waals surface area contributed by atoms with Gasteiger partial charge in [0.05, 0.1) is 4.47 Å². The van der Waals surface area contributed by atoms with E-state index in [4.69, 9.17) is 14.2 Å². The third-order valence-electron chi connectivity index (χ3n) is 2.76. The van der Waals surface area contributed by atoms with Gasteiger partial charge in [0, 0.05) is 26.8 Å². The highest BCUT2D eigenvalue weighted by Gasteiger charge is 2.17. The molecule has 1 aliphatic heterocycles. The van der Waals surface area contributed by atoms with Crippen molar-refractivity contribution in [3.05, 3.63) is 22.2 Å². The summed E-state index contributed by atoms with van der Waals surface area (Å²) < 4.78 is 16.8. The van der Waals surface area contributed by atoms with Crippen LogP contribution in [0.3, 0.4) is 0 Å². The first-order valence-corrected chi connectivity index (χ1v) is 6.77. The number of methoxy groups -OCH3 is 1. The standard InChI is InChI=1S/C13H18BrNO3/c1-9(7-16-2)5-15-6-10-3-11(14)13-12(4-10)17-8-18-13/h3-4,9,15H,5-8H2,1-2H3. The summed E-state index contributed by atoms with van der Waals surface area (Å²) in [7, 11) is 1.73. The second-order valence-corrected chi connectivity index (χ2v) is 5.36. The predicted octanol–water partition coefficient (Wildman–Crippen LogP) is 2.55. The molecule has 1 aromatic carbocycles. The number of fused-ring (bicyclic) bond motifs is 1. The summed E-state index contributed by atoms with van der Waals surface area (Å²) in [6, 6.07) is 4.07. The zero-order valence-electron chi connectivity index (χ0n) is 10.7. The van der Waals surface area contributed by atoms with Gasteiger partial charge in [0.2, 0.25) is 6.79 Å². The van der Waals surface area contributed by atoms with Crippen LogP contribution in [0.2, 0.25) is 0 Å². The third-order valence-corrected chi connectivity index (χ3v) is 3.35. The molecule has 0 spiro atoms. The van der Waals surface area contributed by atoms with E-state index in [1.54, 1.807) is 7.11 Å². The Labute approximate surface area is 116 Å². The molecule has 5 heteroatoms. The summed E-state index contributed by atoms with van der Waals surface area (Å²) >= 11 is 3.49. The van der Waals surface area contributed by atoms with Crippen molar-refractivity contribution in [2.24, 2.45) is 5.92 Å². The van der Waals surface area contributed by atoms with E-state index in [2.05, 4.69) is 34.2 Å². The summed E-state index contributed by atoms with van der Waals surface area (Å²) in [4.78, 5) is 0. The van der Waals surface area contributed by atoms with E-state index in [0.717, 1.165) is 35.7 Å². The molecule has 2 rings (SSSR count). The third kappa shape index (κ3) is 3.37. The molecule has 0 amide bonds. The van der Waals surface area contributed by atoms with E-state index in [-0.39, 0.29) is 0 Å². The van der Waals surface area contributed by atoms with Gasteiger partial charge in [-0.2, -0.15) is 0 Å². The summed E-state index contributed by atoms with van der Waals surface area (Å²) in [6.07, 6.45) is 0. The van der Waals surface area contributed by atoms with Crippen LogP contribution in [0.15, 0.2) is 16.6 Å². The van der Waals surface area contributed by atoms with Gasteiger partial charge in [0.1, 0.15) is 0 Å². The molecule has 0 bridgehead atoms. The molecule has 100 valence electrons. The fraction of sp³-hybridized carbons (Fsp3) is 0.538. The first kappa shape index (κ1) is 13.6. The van der Waals surface area contributed by atoms with Crippen LogP contribution < -0.4 is 14.8 Å². The number of ether oxygens (including phenoxy) is 3. The number of benzene rings is 1. The lowest BCUT2D eigenvalue weighted by atomic mass is 10.1. The Balaban J connectivity index is 1.88. The van der Waals surface area contributed by atoms with Gasteiger partial charge in [-0.3, -0.25) is 0 Å². The molecule has 1 heterocycles. The minimum atomic E-state index is 0.301. The summed E-state index contributed by atoms with van der Waals surface area (Å²) in [5, 5.41) is 3.41. The molecule has 0 radical (unpaired) electrons. The maximum absolute atomic E-state index is 5.39. The van der Waals surface area contributed by atoms with E-state index in [9.17, 15) is 0 Å². The van der Waals surface area contributed by atoms with Gasteiger partial charge in [-0.1, -0.05) is 6.92 Å². The Kier molecular flexibility index (Phi) is 4.86. The van der Waals surface area contributed by atoms with E-state index >= 15 is 0 Å². The lowest BCUT2D eigenvalue weighted by Gasteiger charge is -2.12. The van der Waals surface area contributed by atoms with Crippen LogP contribution in [0.1, 0.15) is 12.5 Å². The van der Waals surface area contributed by atoms with Crippen LogP contribution in [0, 0.1) is 5.92 Å². The molecule has 1 unspecified atom stereocenters. The minimum Gasteiger partial charge on any atom is -0.454 e. The molecule has 0 aromatic heterocycles. The maximum atomic E-state index is 5.39. The second kappa shape index (κ2) is 6.41. The predicted molar refractivity (Wildman–Crippen MR) is 73.0 cm³/mol. The number of hydrogen-bond donors (Lipinski definition) is 1. The summed E-state index contributed by atoms with van der Waals surface area (Å²) in [6.45, 7) is 4.97. The highest BCUT2D eigenvalue weighted by Crippen LogP contribution is 2.39. The van der Waals surface area contributed by atoms with Crippen LogP contribution in [0.4, 0.5) is 0 Å². The van der Waals surface area contributed by atoms with Gasteiger partial charge in [0.15, 0.2) is 11.5 Å². The van der Waals surface area contributed by atoms with Crippen LogP contribution in [-0.2, 0) is 11.3 Å². The number of nitrogens with one attached hydrogen (secondary N) is 1. The Morgan fingerprint density at radius 1 is 1.44 bits per heavy atom. The van der Waals surface area contributed by atoms with Crippen molar-refractivity contribution < 1.29 is 14.2 Å². The number of rotatable bonds is 6. The van der Waals surface area contributed by atoms with E-state index in [0.29, 0.717) is 12.7 Å². The molecule has 1 N–H and O–H groups in total. The maximum Gasteiger partial charge on any atom is 0.231 e. The summed E-state index contributed by atoms with van der Waals surface area (Å²) in [5.41, 5.74) is 1.18. The SMILES string of the molecule is COCC(C)CNCc1cc(Br)c2c(c1)OCO2. The van der Waals surface area contributed by atoms with Crippen molar-refractivity contribution in [1.82, 2.24) is 5.32 Å². The van der Waals surface area contributed by atoms with Gasteiger partial charge >= 0.3 is 0 Å². The molecular formula is C13H18BrNO3. The van der Waals surface area contributed by atoms with E-state index < -0.39 is 0 Å². The number of hydrogen-bond acceptors (Lipinski definition) is 4. The molecule has 0 saturated heterocycles.